The number of urea groups is 1. The van der Waals surface area contributed by atoms with E-state index in [1.807, 2.05) is 17.0 Å². The van der Waals surface area contributed by atoms with Gasteiger partial charge in [-0.3, -0.25) is 0 Å². The molecule has 2 aliphatic rings. The zero-order valence-corrected chi connectivity index (χ0v) is 11.2. The zero-order valence-electron chi connectivity index (χ0n) is 11.2. The first-order valence-electron chi connectivity index (χ1n) is 7.16. The Morgan fingerprint density at radius 1 is 1.32 bits per heavy atom. The zero-order chi connectivity index (χ0) is 13.2. The average Bonchev–Trinajstić information content (AvgIpc) is 2.92. The number of hydrogen-bond donors (Lipinski definition) is 2. The third-order valence-corrected chi connectivity index (χ3v) is 4.28. The largest absolute Gasteiger partial charge is 0.398 e. The van der Waals surface area contributed by atoms with Crippen LogP contribution in [0.25, 0.3) is 0 Å². The van der Waals surface area contributed by atoms with Crippen molar-refractivity contribution in [2.45, 2.75) is 44.7 Å². The van der Waals surface area contributed by atoms with E-state index in [1.165, 1.54) is 18.4 Å². The summed E-state index contributed by atoms with van der Waals surface area (Å²) in [7, 11) is 0. The fourth-order valence-electron chi connectivity index (χ4n) is 3.12. The molecule has 1 aromatic rings. The summed E-state index contributed by atoms with van der Waals surface area (Å²) in [5, 5.41) is 3.15. The number of benzene rings is 1. The van der Waals surface area contributed by atoms with E-state index in [1.54, 1.807) is 0 Å². The second kappa shape index (κ2) is 5.11. The van der Waals surface area contributed by atoms with E-state index < -0.39 is 0 Å². The standard InChI is InChI=1S/C15H21N3O/c16-14-7-3-4-11-8-9-18(10-13(11)14)15(19)17-12-5-1-2-6-12/h3-4,7,12H,1-2,5-6,8-10,16H2,(H,17,19). The van der Waals surface area contributed by atoms with Crippen LogP contribution in [0.2, 0.25) is 0 Å². The number of hydrogen-bond acceptors (Lipinski definition) is 2. The summed E-state index contributed by atoms with van der Waals surface area (Å²) in [5.74, 6) is 0. The lowest BCUT2D eigenvalue weighted by atomic mass is 9.98. The average molecular weight is 259 g/mol. The van der Waals surface area contributed by atoms with Crippen LogP contribution in [0.15, 0.2) is 18.2 Å². The Balaban J connectivity index is 1.67. The summed E-state index contributed by atoms with van der Waals surface area (Å²) in [6, 6.07) is 6.46. The minimum atomic E-state index is 0.0702. The van der Waals surface area contributed by atoms with Gasteiger partial charge in [-0.25, -0.2) is 4.79 Å². The number of nitrogens with two attached hydrogens (primary N) is 1. The van der Waals surface area contributed by atoms with Crippen LogP contribution in [0.4, 0.5) is 10.5 Å². The fraction of sp³-hybridized carbons (Fsp3) is 0.533. The summed E-state index contributed by atoms with van der Waals surface area (Å²) in [4.78, 5) is 14.1. The molecular weight excluding hydrogens is 238 g/mol. The number of rotatable bonds is 1. The molecule has 4 nitrogen and oxygen atoms in total. The molecule has 1 saturated carbocycles. The Bertz CT molecular complexity index is 480. The maximum atomic E-state index is 12.2. The Morgan fingerprint density at radius 2 is 2.11 bits per heavy atom. The van der Waals surface area contributed by atoms with Crippen molar-refractivity contribution in [1.29, 1.82) is 0 Å². The summed E-state index contributed by atoms with van der Waals surface area (Å²) in [5.41, 5.74) is 9.21. The van der Waals surface area contributed by atoms with Crippen molar-refractivity contribution >= 4 is 11.7 Å². The van der Waals surface area contributed by atoms with Gasteiger partial charge >= 0.3 is 6.03 Å². The molecule has 3 N–H and O–H groups in total. The van der Waals surface area contributed by atoms with Crippen LogP contribution in [-0.2, 0) is 13.0 Å². The monoisotopic (exact) mass is 259 g/mol. The maximum absolute atomic E-state index is 12.2. The molecule has 0 unspecified atom stereocenters. The van der Waals surface area contributed by atoms with Gasteiger partial charge in [0.1, 0.15) is 0 Å². The SMILES string of the molecule is Nc1cccc2c1CN(C(=O)NC1CCCC1)CC2. The molecule has 0 bridgehead atoms. The molecule has 19 heavy (non-hydrogen) atoms. The Hall–Kier alpha value is -1.71. The van der Waals surface area contributed by atoms with Gasteiger partial charge in [-0.2, -0.15) is 0 Å². The van der Waals surface area contributed by atoms with E-state index in [-0.39, 0.29) is 6.03 Å². The maximum Gasteiger partial charge on any atom is 0.317 e. The van der Waals surface area contributed by atoms with E-state index in [0.717, 1.165) is 37.1 Å². The van der Waals surface area contributed by atoms with Crippen LogP contribution >= 0.6 is 0 Å². The molecule has 1 fully saturated rings. The van der Waals surface area contributed by atoms with Gasteiger partial charge < -0.3 is 16.0 Å². The lowest BCUT2D eigenvalue weighted by molar-refractivity contribution is 0.188. The molecule has 1 heterocycles. The van der Waals surface area contributed by atoms with Crippen molar-refractivity contribution in [3.05, 3.63) is 29.3 Å². The number of nitrogen functional groups attached to an aromatic ring is 1. The number of fused-ring (bicyclic) bond motifs is 1. The van der Waals surface area contributed by atoms with Crippen LogP contribution in [0.1, 0.15) is 36.8 Å². The number of nitrogens with one attached hydrogen (secondary N) is 1. The lowest BCUT2D eigenvalue weighted by Crippen LogP contribution is -2.46. The number of anilines is 1. The normalized spacial score (nSPS) is 19.3. The van der Waals surface area contributed by atoms with Crippen LogP contribution in [0.3, 0.4) is 0 Å². The van der Waals surface area contributed by atoms with Gasteiger partial charge in [0.25, 0.3) is 0 Å². The van der Waals surface area contributed by atoms with Crippen LogP contribution in [0.5, 0.6) is 0 Å². The minimum absolute atomic E-state index is 0.0702. The summed E-state index contributed by atoms with van der Waals surface area (Å²) in [6.07, 6.45) is 5.62. The third-order valence-electron chi connectivity index (χ3n) is 4.28. The predicted octanol–water partition coefficient (Wildman–Crippen LogP) is 2.28. The number of carbonyl (C=O) groups is 1. The molecule has 0 radical (unpaired) electrons. The number of nitrogens with zero attached hydrogens (tertiary/aromatic N) is 1. The smallest absolute Gasteiger partial charge is 0.317 e. The molecule has 1 aliphatic carbocycles. The van der Waals surface area contributed by atoms with Crippen LogP contribution < -0.4 is 11.1 Å². The molecule has 2 amide bonds. The van der Waals surface area contributed by atoms with Crippen LogP contribution in [0, 0.1) is 0 Å². The van der Waals surface area contributed by atoms with E-state index >= 15 is 0 Å². The summed E-state index contributed by atoms with van der Waals surface area (Å²) >= 11 is 0. The highest BCUT2D eigenvalue weighted by Gasteiger charge is 2.24. The number of amides is 2. The predicted molar refractivity (Wildman–Crippen MR) is 75.8 cm³/mol. The van der Waals surface area contributed by atoms with Gasteiger partial charge in [-0.15, -0.1) is 0 Å². The van der Waals surface area contributed by atoms with Gasteiger partial charge in [-0.1, -0.05) is 25.0 Å². The highest BCUT2D eigenvalue weighted by Crippen LogP contribution is 2.25. The van der Waals surface area contributed by atoms with Gasteiger partial charge in [-0.05, 0) is 36.5 Å². The van der Waals surface area contributed by atoms with Crippen molar-refractivity contribution in [3.63, 3.8) is 0 Å². The van der Waals surface area contributed by atoms with Crippen molar-refractivity contribution in [2.24, 2.45) is 0 Å². The fourth-order valence-corrected chi connectivity index (χ4v) is 3.12. The van der Waals surface area contributed by atoms with Gasteiger partial charge in [0.05, 0.1) is 0 Å². The van der Waals surface area contributed by atoms with Crippen LogP contribution in [-0.4, -0.2) is 23.5 Å². The van der Waals surface area contributed by atoms with E-state index in [9.17, 15) is 4.79 Å². The van der Waals surface area contributed by atoms with E-state index in [2.05, 4.69) is 11.4 Å². The molecule has 1 aliphatic heterocycles. The molecule has 0 atom stereocenters. The van der Waals surface area contributed by atoms with Crippen molar-refractivity contribution in [1.82, 2.24) is 10.2 Å². The van der Waals surface area contributed by atoms with E-state index in [0.29, 0.717) is 12.6 Å². The molecule has 3 rings (SSSR count). The quantitative estimate of drug-likeness (QED) is 0.760. The van der Waals surface area contributed by atoms with Gasteiger partial charge in [0, 0.05) is 24.8 Å². The van der Waals surface area contributed by atoms with Crippen molar-refractivity contribution in [2.75, 3.05) is 12.3 Å². The van der Waals surface area contributed by atoms with Gasteiger partial charge in [0.15, 0.2) is 0 Å². The van der Waals surface area contributed by atoms with Crippen molar-refractivity contribution in [3.8, 4) is 0 Å². The first-order valence-corrected chi connectivity index (χ1v) is 7.16. The highest BCUT2D eigenvalue weighted by atomic mass is 16.2. The highest BCUT2D eigenvalue weighted by molar-refractivity contribution is 5.75. The molecule has 0 saturated heterocycles. The molecule has 1 aromatic carbocycles. The first-order chi connectivity index (χ1) is 9.24. The summed E-state index contributed by atoms with van der Waals surface area (Å²) < 4.78 is 0. The third kappa shape index (κ3) is 2.53. The number of carbonyl (C=O) groups excluding carboxylic acids is 1. The van der Waals surface area contributed by atoms with Crippen molar-refractivity contribution < 1.29 is 4.79 Å². The molecule has 4 heteroatoms. The lowest BCUT2D eigenvalue weighted by Gasteiger charge is -2.30. The Morgan fingerprint density at radius 3 is 2.89 bits per heavy atom. The molecular formula is C15H21N3O. The molecule has 102 valence electrons. The molecule has 0 spiro atoms. The second-order valence-corrected chi connectivity index (χ2v) is 5.59. The minimum Gasteiger partial charge on any atom is -0.398 e. The first kappa shape index (κ1) is 12.3. The Kier molecular flexibility index (Phi) is 3.32. The van der Waals surface area contributed by atoms with Gasteiger partial charge in [0.2, 0.25) is 0 Å². The topological polar surface area (TPSA) is 58.4 Å². The van der Waals surface area contributed by atoms with E-state index in [4.69, 9.17) is 5.73 Å². The summed E-state index contributed by atoms with van der Waals surface area (Å²) in [6.45, 7) is 1.43. The Labute approximate surface area is 114 Å². The molecule has 0 aromatic heterocycles. The second-order valence-electron chi connectivity index (χ2n) is 5.59.